The fourth-order valence-electron chi connectivity index (χ4n) is 3.31. The molecule has 3 aromatic carbocycles. The van der Waals surface area contributed by atoms with Crippen LogP contribution in [0, 0.1) is 0 Å². The number of carbonyl (C=O) groups is 3. The van der Waals surface area contributed by atoms with Crippen LogP contribution in [-0.2, 0) is 11.2 Å². The topological polar surface area (TPSA) is 124 Å². The minimum atomic E-state index is -1.82. The first-order valence-corrected chi connectivity index (χ1v) is 10.0. The smallest absolute Gasteiger partial charge is 0.336 e. The lowest BCUT2D eigenvalue weighted by atomic mass is 9.97. The second kappa shape index (κ2) is 10.1. The maximum Gasteiger partial charge on any atom is 0.336 e. The molecule has 0 fully saturated rings. The van der Waals surface area contributed by atoms with Crippen LogP contribution in [0.1, 0.15) is 26.3 Å². The minimum Gasteiger partial charge on any atom is -0.479 e. The molecule has 0 saturated carbocycles. The van der Waals surface area contributed by atoms with E-state index < -0.39 is 30.0 Å². The van der Waals surface area contributed by atoms with Gasteiger partial charge in [0.05, 0.1) is 11.6 Å². The second-order valence-corrected chi connectivity index (χ2v) is 7.51. The number of carboxylic acids is 2. The summed E-state index contributed by atoms with van der Waals surface area (Å²) in [6.45, 7) is 0. The highest BCUT2D eigenvalue weighted by Crippen LogP contribution is 2.31. The molecule has 0 bridgehead atoms. The number of hydrogen-bond donors (Lipinski definition) is 4. The highest BCUT2D eigenvalue weighted by Gasteiger charge is 2.28. The Hall–Kier alpha value is -3.68. The molecule has 3 rings (SSSR count). The van der Waals surface area contributed by atoms with E-state index >= 15 is 0 Å². The van der Waals surface area contributed by atoms with Crippen LogP contribution in [0.3, 0.4) is 0 Å². The maximum absolute atomic E-state index is 12.9. The van der Waals surface area contributed by atoms with Crippen molar-refractivity contribution in [3.63, 3.8) is 0 Å². The van der Waals surface area contributed by atoms with E-state index in [0.29, 0.717) is 11.1 Å². The van der Waals surface area contributed by atoms with Crippen LogP contribution in [0.4, 0.5) is 0 Å². The molecular weight excluding hydrogens is 434 g/mol. The number of nitrogens with one attached hydrogen (secondary N) is 1. The van der Waals surface area contributed by atoms with Crippen LogP contribution < -0.4 is 5.32 Å². The number of carboxylic acid groups (broad SMARTS) is 2. The molecule has 0 aliphatic rings. The molecule has 1 amide bonds. The molecule has 0 spiro atoms. The summed E-state index contributed by atoms with van der Waals surface area (Å²) in [6.07, 6.45) is -1.72. The van der Waals surface area contributed by atoms with Crippen molar-refractivity contribution in [1.29, 1.82) is 0 Å². The molecule has 0 aliphatic carbocycles. The summed E-state index contributed by atoms with van der Waals surface area (Å²) in [6, 6.07) is 18.4. The van der Waals surface area contributed by atoms with Crippen molar-refractivity contribution in [2.45, 2.75) is 18.6 Å². The number of carbonyl (C=O) groups excluding carboxylic acids is 1. The van der Waals surface area contributed by atoms with Gasteiger partial charge in [-0.2, -0.15) is 0 Å². The van der Waals surface area contributed by atoms with Crippen LogP contribution in [0.5, 0.6) is 0 Å². The molecule has 164 valence electrons. The van der Waals surface area contributed by atoms with Crippen LogP contribution in [0.25, 0.3) is 11.1 Å². The van der Waals surface area contributed by atoms with Gasteiger partial charge in [-0.05, 0) is 41.8 Å². The summed E-state index contributed by atoms with van der Waals surface area (Å²) in [5.41, 5.74) is 1.59. The zero-order chi connectivity index (χ0) is 23.3. The van der Waals surface area contributed by atoms with Gasteiger partial charge in [-0.15, -0.1) is 0 Å². The number of aliphatic carboxylic acids is 1. The van der Waals surface area contributed by atoms with E-state index in [1.165, 1.54) is 24.3 Å². The van der Waals surface area contributed by atoms with Crippen molar-refractivity contribution in [2.75, 3.05) is 0 Å². The quantitative estimate of drug-likeness (QED) is 0.414. The maximum atomic E-state index is 12.9. The first kappa shape index (κ1) is 23.0. The third-order valence-electron chi connectivity index (χ3n) is 4.93. The van der Waals surface area contributed by atoms with Crippen LogP contribution >= 0.6 is 11.6 Å². The Kier molecular flexibility index (Phi) is 7.25. The van der Waals surface area contributed by atoms with Gasteiger partial charge in [-0.1, -0.05) is 60.1 Å². The standard InChI is InChI=1S/C24H20ClNO6/c25-19-11-10-15(13-18(19)16-8-4-5-9-17(16)23(29)30)22(28)26-20(21(27)24(31)32)12-14-6-2-1-3-7-14/h1-11,13,20-21,27H,12H2,(H,26,28)(H,29,30)(H,31,32). The van der Waals surface area contributed by atoms with Gasteiger partial charge >= 0.3 is 11.9 Å². The van der Waals surface area contributed by atoms with Crippen molar-refractivity contribution in [3.05, 3.63) is 94.5 Å². The van der Waals surface area contributed by atoms with E-state index in [1.807, 2.05) is 0 Å². The average Bonchev–Trinajstić information content (AvgIpc) is 2.79. The average molecular weight is 454 g/mol. The Morgan fingerprint density at radius 2 is 1.53 bits per heavy atom. The summed E-state index contributed by atoms with van der Waals surface area (Å²) >= 11 is 6.27. The fraction of sp³-hybridized carbons (Fsp3) is 0.125. The molecule has 0 aromatic heterocycles. The Morgan fingerprint density at radius 1 is 0.875 bits per heavy atom. The first-order chi connectivity index (χ1) is 15.3. The molecule has 8 heteroatoms. The van der Waals surface area contributed by atoms with Gasteiger partial charge in [0.15, 0.2) is 6.10 Å². The molecular formula is C24H20ClNO6. The lowest BCUT2D eigenvalue weighted by molar-refractivity contribution is -0.148. The van der Waals surface area contributed by atoms with E-state index in [4.69, 9.17) is 11.6 Å². The van der Waals surface area contributed by atoms with Gasteiger partial charge in [-0.25, -0.2) is 9.59 Å². The van der Waals surface area contributed by atoms with Gasteiger partial charge in [0, 0.05) is 16.1 Å². The van der Waals surface area contributed by atoms with E-state index in [0.717, 1.165) is 5.56 Å². The number of hydrogen-bond acceptors (Lipinski definition) is 4. The Bertz CT molecular complexity index is 1150. The molecule has 32 heavy (non-hydrogen) atoms. The van der Waals surface area contributed by atoms with Gasteiger partial charge in [0.1, 0.15) is 0 Å². The summed E-state index contributed by atoms with van der Waals surface area (Å²) < 4.78 is 0. The lowest BCUT2D eigenvalue weighted by Gasteiger charge is -2.22. The van der Waals surface area contributed by atoms with Crippen LogP contribution in [0.15, 0.2) is 72.8 Å². The summed E-state index contributed by atoms with van der Waals surface area (Å²) in [7, 11) is 0. The summed E-state index contributed by atoms with van der Waals surface area (Å²) in [4.78, 5) is 35.8. The zero-order valence-electron chi connectivity index (χ0n) is 16.7. The van der Waals surface area contributed by atoms with Gasteiger partial charge < -0.3 is 20.6 Å². The Labute approximate surface area is 188 Å². The molecule has 4 N–H and O–H groups in total. The fourth-order valence-corrected chi connectivity index (χ4v) is 3.53. The van der Waals surface area contributed by atoms with Crippen LogP contribution in [-0.4, -0.2) is 45.3 Å². The van der Waals surface area contributed by atoms with Crippen molar-refractivity contribution in [3.8, 4) is 11.1 Å². The predicted molar refractivity (Wildman–Crippen MR) is 119 cm³/mol. The van der Waals surface area contributed by atoms with Gasteiger partial charge in [-0.3, -0.25) is 4.79 Å². The third kappa shape index (κ3) is 5.32. The van der Waals surface area contributed by atoms with Crippen molar-refractivity contribution < 1.29 is 29.7 Å². The number of amides is 1. The number of benzene rings is 3. The van der Waals surface area contributed by atoms with Crippen molar-refractivity contribution >= 4 is 29.4 Å². The Morgan fingerprint density at radius 3 is 2.19 bits per heavy atom. The minimum absolute atomic E-state index is 0.0233. The van der Waals surface area contributed by atoms with Gasteiger partial charge in [0.2, 0.25) is 0 Å². The molecule has 2 unspecified atom stereocenters. The summed E-state index contributed by atoms with van der Waals surface area (Å²) in [5, 5.41) is 31.7. The number of aliphatic hydroxyl groups excluding tert-OH is 1. The lowest BCUT2D eigenvalue weighted by Crippen LogP contribution is -2.48. The number of halogens is 1. The van der Waals surface area contributed by atoms with Crippen molar-refractivity contribution in [1.82, 2.24) is 5.32 Å². The zero-order valence-corrected chi connectivity index (χ0v) is 17.5. The molecule has 7 nitrogen and oxygen atoms in total. The molecule has 3 aromatic rings. The largest absolute Gasteiger partial charge is 0.479 e. The second-order valence-electron chi connectivity index (χ2n) is 7.10. The molecule has 0 radical (unpaired) electrons. The number of aromatic carboxylic acids is 1. The van der Waals surface area contributed by atoms with Gasteiger partial charge in [0.25, 0.3) is 5.91 Å². The van der Waals surface area contributed by atoms with E-state index in [-0.39, 0.29) is 22.6 Å². The van der Waals surface area contributed by atoms with E-state index in [1.54, 1.807) is 48.5 Å². The first-order valence-electron chi connectivity index (χ1n) is 9.66. The third-order valence-corrected chi connectivity index (χ3v) is 5.25. The molecule has 2 atom stereocenters. The number of rotatable bonds is 8. The predicted octanol–water partition coefficient (Wildman–Crippen LogP) is 3.49. The monoisotopic (exact) mass is 453 g/mol. The highest BCUT2D eigenvalue weighted by atomic mass is 35.5. The highest BCUT2D eigenvalue weighted by molar-refractivity contribution is 6.33. The summed E-state index contributed by atoms with van der Waals surface area (Å²) in [5.74, 6) is -3.23. The molecule has 0 heterocycles. The molecule has 0 aliphatic heterocycles. The normalized spacial score (nSPS) is 12.6. The molecule has 0 saturated heterocycles. The van der Waals surface area contributed by atoms with E-state index in [9.17, 15) is 29.7 Å². The number of aliphatic hydroxyl groups is 1. The Balaban J connectivity index is 1.92. The van der Waals surface area contributed by atoms with E-state index in [2.05, 4.69) is 5.32 Å². The van der Waals surface area contributed by atoms with Crippen LogP contribution in [0.2, 0.25) is 5.02 Å². The SMILES string of the molecule is O=C(NC(Cc1ccccc1)C(O)C(=O)O)c1ccc(Cl)c(-c2ccccc2C(=O)O)c1. The van der Waals surface area contributed by atoms with Crippen molar-refractivity contribution in [2.24, 2.45) is 0 Å².